The monoisotopic (exact) mass is 444 g/mol. The molecule has 0 unspecified atom stereocenters. The normalized spacial score (nSPS) is 10.4. The summed E-state index contributed by atoms with van der Waals surface area (Å²) in [5, 5.41) is 9.27. The number of phenolic OH excluding ortho intramolecular Hbond substituents is 1. The molecule has 0 atom stereocenters. The molecule has 0 bridgehead atoms. The van der Waals surface area contributed by atoms with Crippen molar-refractivity contribution in [2.75, 3.05) is 46.2 Å². The predicted molar refractivity (Wildman–Crippen MR) is 117 cm³/mol. The third kappa shape index (κ3) is 10.1. The summed E-state index contributed by atoms with van der Waals surface area (Å²) in [7, 11) is 0. The summed E-state index contributed by atoms with van der Waals surface area (Å²) < 4.78 is 26.3. The van der Waals surface area contributed by atoms with Crippen molar-refractivity contribution in [2.45, 2.75) is 6.42 Å². The maximum atomic E-state index is 12.1. The molecule has 0 saturated carbocycles. The molecule has 0 aliphatic heterocycles. The highest BCUT2D eigenvalue weighted by Gasteiger charge is 2.07. The van der Waals surface area contributed by atoms with Gasteiger partial charge in [-0.05, 0) is 42.0 Å². The topological polar surface area (TPSA) is 101 Å². The van der Waals surface area contributed by atoms with E-state index in [1.807, 2.05) is 0 Å². The molecule has 32 heavy (non-hydrogen) atoms. The number of benzene rings is 2. The number of ether oxygens (including phenoxy) is 5. The van der Waals surface area contributed by atoms with E-state index in [-0.39, 0.29) is 19.0 Å². The summed E-state index contributed by atoms with van der Waals surface area (Å²) in [4.78, 5) is 22.9. The van der Waals surface area contributed by atoms with E-state index >= 15 is 0 Å². The Kier molecular flexibility index (Phi) is 11.4. The van der Waals surface area contributed by atoms with E-state index in [0.29, 0.717) is 50.8 Å². The van der Waals surface area contributed by atoms with Gasteiger partial charge in [0.1, 0.15) is 24.7 Å². The Morgan fingerprint density at radius 2 is 1.41 bits per heavy atom. The number of hydrogen-bond donors (Lipinski definition) is 1. The van der Waals surface area contributed by atoms with Gasteiger partial charge >= 0.3 is 11.9 Å². The summed E-state index contributed by atoms with van der Waals surface area (Å²) in [6, 6.07) is 13.5. The van der Waals surface area contributed by atoms with Crippen LogP contribution in [-0.4, -0.2) is 63.3 Å². The summed E-state index contributed by atoms with van der Waals surface area (Å²) in [5.41, 5.74) is 1.41. The lowest BCUT2D eigenvalue weighted by Gasteiger charge is -2.09. The van der Waals surface area contributed by atoms with E-state index in [0.717, 1.165) is 11.6 Å². The highest BCUT2D eigenvalue weighted by Crippen LogP contribution is 2.14. The second kappa shape index (κ2) is 14.6. The summed E-state index contributed by atoms with van der Waals surface area (Å²) in [6.07, 6.45) is 1.67. The average molecular weight is 444 g/mol. The molecule has 0 spiro atoms. The molecule has 2 aromatic rings. The van der Waals surface area contributed by atoms with Gasteiger partial charge in [-0.25, -0.2) is 9.59 Å². The van der Waals surface area contributed by atoms with Gasteiger partial charge < -0.3 is 28.8 Å². The van der Waals surface area contributed by atoms with Gasteiger partial charge in [-0.1, -0.05) is 18.7 Å². The predicted octanol–water partition coefficient (Wildman–Crippen LogP) is 2.93. The fourth-order valence-electron chi connectivity index (χ4n) is 2.50. The Morgan fingerprint density at radius 3 is 2.06 bits per heavy atom. The van der Waals surface area contributed by atoms with Crippen LogP contribution in [0.15, 0.2) is 61.2 Å². The smallest absolute Gasteiger partial charge is 0.338 e. The average Bonchev–Trinajstić information content (AvgIpc) is 2.81. The van der Waals surface area contributed by atoms with Crippen molar-refractivity contribution in [3.05, 3.63) is 72.3 Å². The molecule has 2 aromatic carbocycles. The van der Waals surface area contributed by atoms with Crippen molar-refractivity contribution < 1.29 is 38.4 Å². The van der Waals surface area contributed by atoms with Crippen molar-refractivity contribution in [2.24, 2.45) is 0 Å². The molecule has 1 N–H and O–H groups in total. The van der Waals surface area contributed by atoms with Crippen molar-refractivity contribution >= 4 is 11.9 Å². The van der Waals surface area contributed by atoms with Gasteiger partial charge in [0.2, 0.25) is 0 Å². The zero-order valence-electron chi connectivity index (χ0n) is 17.9. The maximum absolute atomic E-state index is 12.1. The third-order valence-electron chi connectivity index (χ3n) is 4.16. The van der Waals surface area contributed by atoms with Gasteiger partial charge in [0.05, 0.1) is 38.6 Å². The molecule has 0 heterocycles. The van der Waals surface area contributed by atoms with Crippen molar-refractivity contribution in [3.63, 3.8) is 0 Å². The van der Waals surface area contributed by atoms with Crippen LogP contribution < -0.4 is 4.74 Å². The van der Waals surface area contributed by atoms with Crippen LogP contribution in [0.2, 0.25) is 0 Å². The molecule has 2 rings (SSSR count). The number of aromatic hydroxyl groups is 1. The standard InChI is InChI=1S/C24H28O8/c1-2-23(26)31-18-16-29-14-13-28-15-17-30-22-9-5-20(6-10-22)24(27)32-12-11-19-3-7-21(25)8-4-19/h2-10,25H,1,11-18H2. The molecule has 0 radical (unpaired) electrons. The minimum absolute atomic E-state index is 0.177. The quantitative estimate of drug-likeness (QED) is 0.254. The van der Waals surface area contributed by atoms with E-state index in [4.69, 9.17) is 23.7 Å². The largest absolute Gasteiger partial charge is 0.508 e. The number of carbonyl (C=O) groups excluding carboxylic acids is 2. The highest BCUT2D eigenvalue weighted by molar-refractivity contribution is 5.89. The van der Waals surface area contributed by atoms with Crippen LogP contribution >= 0.6 is 0 Å². The number of phenols is 1. The summed E-state index contributed by atoms with van der Waals surface area (Å²) >= 11 is 0. The van der Waals surface area contributed by atoms with Crippen molar-refractivity contribution in [1.82, 2.24) is 0 Å². The second-order valence-electron chi connectivity index (χ2n) is 6.52. The zero-order chi connectivity index (χ0) is 23.0. The van der Waals surface area contributed by atoms with Crippen molar-refractivity contribution in [1.29, 1.82) is 0 Å². The Morgan fingerprint density at radius 1 is 0.781 bits per heavy atom. The lowest BCUT2D eigenvalue weighted by atomic mass is 10.1. The highest BCUT2D eigenvalue weighted by atomic mass is 16.6. The van der Waals surface area contributed by atoms with Crippen LogP contribution in [0.3, 0.4) is 0 Å². The minimum atomic E-state index is -0.475. The van der Waals surface area contributed by atoms with Crippen LogP contribution in [0.4, 0.5) is 0 Å². The zero-order valence-corrected chi connectivity index (χ0v) is 17.9. The van der Waals surface area contributed by atoms with E-state index in [1.165, 1.54) is 0 Å². The SMILES string of the molecule is C=CC(=O)OCCOCCOCCOc1ccc(C(=O)OCCc2ccc(O)cc2)cc1. The van der Waals surface area contributed by atoms with E-state index in [1.54, 1.807) is 48.5 Å². The van der Waals surface area contributed by atoms with Gasteiger partial charge in [0.25, 0.3) is 0 Å². The molecule has 8 nitrogen and oxygen atoms in total. The minimum Gasteiger partial charge on any atom is -0.508 e. The first-order valence-electron chi connectivity index (χ1n) is 10.2. The Labute approximate surface area is 187 Å². The third-order valence-corrected chi connectivity index (χ3v) is 4.16. The number of carbonyl (C=O) groups is 2. The molecule has 0 aromatic heterocycles. The summed E-state index contributed by atoms with van der Waals surface area (Å²) in [5.74, 6) is -0.0562. The molecule has 0 fully saturated rings. The van der Waals surface area contributed by atoms with Crippen LogP contribution in [0.5, 0.6) is 11.5 Å². The number of rotatable bonds is 15. The fraction of sp³-hybridized carbons (Fsp3) is 0.333. The van der Waals surface area contributed by atoms with Crippen LogP contribution in [0.1, 0.15) is 15.9 Å². The van der Waals surface area contributed by atoms with E-state index in [9.17, 15) is 14.7 Å². The van der Waals surface area contributed by atoms with Gasteiger partial charge in [-0.2, -0.15) is 0 Å². The molecule has 0 amide bonds. The van der Waals surface area contributed by atoms with Gasteiger partial charge in [0, 0.05) is 12.5 Å². The van der Waals surface area contributed by atoms with E-state index in [2.05, 4.69) is 6.58 Å². The van der Waals surface area contributed by atoms with Gasteiger partial charge in [0.15, 0.2) is 0 Å². The molecule has 0 saturated heterocycles. The Bertz CT molecular complexity index is 830. The molecular weight excluding hydrogens is 416 g/mol. The van der Waals surface area contributed by atoms with Gasteiger partial charge in [-0.3, -0.25) is 0 Å². The lowest BCUT2D eigenvalue weighted by molar-refractivity contribution is -0.139. The van der Waals surface area contributed by atoms with Crippen LogP contribution in [-0.2, 0) is 30.2 Å². The molecular formula is C24H28O8. The van der Waals surface area contributed by atoms with Crippen LogP contribution in [0.25, 0.3) is 0 Å². The Hall–Kier alpha value is -3.36. The summed E-state index contributed by atoms with van der Waals surface area (Å²) in [6.45, 7) is 5.55. The molecule has 0 aliphatic rings. The van der Waals surface area contributed by atoms with E-state index < -0.39 is 11.9 Å². The first-order chi connectivity index (χ1) is 15.6. The number of hydrogen-bond acceptors (Lipinski definition) is 8. The molecule has 8 heteroatoms. The van der Waals surface area contributed by atoms with Crippen molar-refractivity contribution in [3.8, 4) is 11.5 Å². The number of esters is 2. The maximum Gasteiger partial charge on any atom is 0.338 e. The van der Waals surface area contributed by atoms with Crippen LogP contribution in [0, 0.1) is 0 Å². The first-order valence-corrected chi connectivity index (χ1v) is 10.2. The van der Waals surface area contributed by atoms with Gasteiger partial charge in [-0.15, -0.1) is 0 Å². The Balaban J connectivity index is 1.52. The lowest BCUT2D eigenvalue weighted by Crippen LogP contribution is -2.13. The second-order valence-corrected chi connectivity index (χ2v) is 6.52. The fourth-order valence-corrected chi connectivity index (χ4v) is 2.50. The first kappa shape index (κ1) is 24.9. The molecule has 172 valence electrons. The molecule has 0 aliphatic carbocycles.